The van der Waals surface area contributed by atoms with Gasteiger partial charge in [0, 0.05) is 93.9 Å². The van der Waals surface area contributed by atoms with E-state index in [2.05, 4.69) is 81.2 Å². The number of para-hydroxylation sites is 3. The fourth-order valence-electron chi connectivity index (χ4n) is 19.3. The van der Waals surface area contributed by atoms with Gasteiger partial charge in [-0.3, -0.25) is 69.4 Å². The number of aromatic amines is 1. The Balaban J connectivity index is 0.000000121. The molecular weight excluding hydrogens is 1960 g/mol. The lowest BCUT2D eigenvalue weighted by molar-refractivity contribution is -0.142. The molecule has 752 valence electrons. The van der Waals surface area contributed by atoms with Crippen molar-refractivity contribution < 1.29 is 111 Å². The number of amides is 16. The fraction of sp³-hybridized carbons (Fsp3) is 0.173. The Morgan fingerprint density at radius 3 is 1.18 bits per heavy atom. The van der Waals surface area contributed by atoms with Gasteiger partial charge in [-0.05, 0) is 183 Å². The SMILES string of the molecule is O=C1NC(=O)C(CN2Cc3ccc(OCC#CC4CC4)cc3C2=O)(c2ccc(F)cc2)N1.O=C1NC(=O)[C@](CN2Cc3ccc(F)cc3C2=O)(c2ccc(-c3cc(=O)[nH]c4ccccc34)cc2)N1.O=C1NC(=O)[C@](CN2Cc3ccc(F)cc3C2=O)(c2ccc(-c3cc(C(F)(F)F)nc4c(C(F)(F)F)cccc34)cc2)N1.O=C1NC(=O)[C@](CN2Cc3ccc(OCC#Cc4cnc5ccccc5c4)cc3C2=O)(c2ccc(F)cc2)N1. The summed E-state index contributed by atoms with van der Waals surface area (Å²) >= 11 is 0. The molecule has 11 aromatic carbocycles. The van der Waals surface area contributed by atoms with E-state index >= 15 is 0 Å². The summed E-state index contributed by atoms with van der Waals surface area (Å²) in [6.45, 7) is 0.390. The lowest BCUT2D eigenvalue weighted by Gasteiger charge is -2.31. The average Bonchev–Trinajstić information content (AvgIpc) is 0.950. The van der Waals surface area contributed by atoms with E-state index in [-0.39, 0.29) is 116 Å². The highest BCUT2D eigenvalue weighted by Crippen LogP contribution is 2.45. The summed E-state index contributed by atoms with van der Waals surface area (Å²) in [7, 11) is 0. The number of alkyl halides is 6. The van der Waals surface area contributed by atoms with Crippen LogP contribution in [0.5, 0.6) is 11.5 Å². The average molecular weight is 2040 g/mol. The summed E-state index contributed by atoms with van der Waals surface area (Å²) in [5.74, 6) is 7.38. The van der Waals surface area contributed by atoms with Crippen molar-refractivity contribution in [1.82, 2.24) is 77.1 Å². The van der Waals surface area contributed by atoms with E-state index < -0.39 is 134 Å². The highest BCUT2D eigenvalue weighted by molar-refractivity contribution is 6.12. The minimum atomic E-state index is -5.05. The van der Waals surface area contributed by atoms with Crippen molar-refractivity contribution >= 4 is 104 Å². The van der Waals surface area contributed by atoms with Crippen LogP contribution in [0, 0.1) is 52.9 Å². The minimum absolute atomic E-state index is 0.0161. The molecule has 1 unspecified atom stereocenters. The van der Waals surface area contributed by atoms with Crippen LogP contribution in [-0.4, -0.2) is 145 Å². The molecule has 0 radical (unpaired) electrons. The van der Waals surface area contributed by atoms with Gasteiger partial charge in [0.15, 0.2) is 22.2 Å². The number of pyridine rings is 3. The summed E-state index contributed by atoms with van der Waals surface area (Å²) < 4.78 is 148. The predicted molar refractivity (Wildman–Crippen MR) is 518 cm³/mol. The molecule has 0 bridgehead atoms. The van der Waals surface area contributed by atoms with Crippen LogP contribution in [0.25, 0.3) is 55.0 Å². The van der Waals surface area contributed by atoms with E-state index in [4.69, 9.17) is 9.47 Å². The second-order valence-electron chi connectivity index (χ2n) is 36.5. The number of carbonyl (C=O) groups excluding carboxylic acids is 12. The Morgan fingerprint density at radius 2 is 0.760 bits per heavy atom. The summed E-state index contributed by atoms with van der Waals surface area (Å²) in [5, 5.41) is 21.0. The topological polar surface area (TPSA) is 391 Å². The van der Waals surface area contributed by atoms with E-state index in [9.17, 15) is 106 Å². The lowest BCUT2D eigenvalue weighted by atomic mass is 9.87. The molecule has 1 saturated carbocycles. The first-order valence-corrected chi connectivity index (χ1v) is 46.4. The van der Waals surface area contributed by atoms with Crippen LogP contribution < -0.4 is 57.6 Å². The summed E-state index contributed by atoms with van der Waals surface area (Å²) in [5.41, 5.74) is -1.30. The monoisotopic (exact) mass is 2040 g/mol. The number of H-pyrrole nitrogens is 1. The zero-order chi connectivity index (χ0) is 105. The molecule has 14 aromatic rings. The number of halogens is 10. The first-order valence-electron chi connectivity index (χ1n) is 46.4. The molecule has 3 aromatic heterocycles. The molecule has 16 amide bonds. The van der Waals surface area contributed by atoms with Gasteiger partial charge >= 0.3 is 36.5 Å². The molecule has 23 rings (SSSR count). The van der Waals surface area contributed by atoms with Gasteiger partial charge in [0.2, 0.25) is 5.56 Å². The number of urea groups is 4. The third-order valence-corrected chi connectivity index (χ3v) is 26.9. The second kappa shape index (κ2) is 38.9. The van der Waals surface area contributed by atoms with E-state index in [1.807, 2.05) is 60.7 Å². The number of nitrogens with one attached hydrogen (secondary N) is 9. The Morgan fingerprint density at radius 1 is 0.373 bits per heavy atom. The second-order valence-corrected chi connectivity index (χ2v) is 36.5. The Labute approximate surface area is 842 Å². The number of ether oxygens (including phenoxy) is 2. The number of aromatic nitrogens is 3. The molecular formula is C110H77F10N15O15. The largest absolute Gasteiger partial charge is 0.481 e. The number of rotatable bonds is 18. The van der Waals surface area contributed by atoms with Gasteiger partial charge < -0.3 is 55.3 Å². The van der Waals surface area contributed by atoms with Gasteiger partial charge in [-0.15, -0.1) is 0 Å². The molecule has 11 heterocycles. The quantitative estimate of drug-likeness (QED) is 0.0219. The summed E-state index contributed by atoms with van der Waals surface area (Å²) in [4.78, 5) is 181. The van der Waals surface area contributed by atoms with E-state index in [1.165, 1.54) is 129 Å². The first-order chi connectivity index (χ1) is 71.9. The third kappa shape index (κ3) is 19.3. The molecule has 9 N–H and O–H groups in total. The van der Waals surface area contributed by atoms with Gasteiger partial charge in [0.25, 0.3) is 47.3 Å². The Hall–Kier alpha value is -18.9. The molecule has 4 atom stereocenters. The van der Waals surface area contributed by atoms with Crippen molar-refractivity contribution in [3.8, 4) is 57.4 Å². The Kier molecular flexibility index (Phi) is 25.5. The van der Waals surface area contributed by atoms with Crippen LogP contribution in [0.3, 0.4) is 0 Å². The fourth-order valence-corrected chi connectivity index (χ4v) is 19.3. The highest BCUT2D eigenvalue weighted by Gasteiger charge is 2.56. The zero-order valence-corrected chi connectivity index (χ0v) is 78.0. The Bertz CT molecular complexity index is 8280. The minimum Gasteiger partial charge on any atom is -0.481 e. The van der Waals surface area contributed by atoms with Crippen molar-refractivity contribution in [3.05, 3.63) is 378 Å². The maximum Gasteiger partial charge on any atom is 0.433 e. The molecule has 1 aliphatic carbocycles. The van der Waals surface area contributed by atoms with Crippen molar-refractivity contribution in [2.45, 2.75) is 73.5 Å². The number of imide groups is 4. The highest BCUT2D eigenvalue weighted by atomic mass is 19.4. The number of benzene rings is 11. The maximum atomic E-state index is 13.8. The molecule has 4 saturated heterocycles. The summed E-state index contributed by atoms with van der Waals surface area (Å²) in [6, 6.07) is 60.2. The number of carbonyl (C=O) groups is 12. The van der Waals surface area contributed by atoms with Crippen LogP contribution in [0.2, 0.25) is 0 Å². The summed E-state index contributed by atoms with van der Waals surface area (Å²) in [6.07, 6.45) is -6.02. The number of fused-ring (bicyclic) bond motifs is 7. The first kappa shape index (κ1) is 98.5. The van der Waals surface area contributed by atoms with E-state index in [1.54, 1.807) is 66.9 Å². The number of hydrogen-bond acceptors (Lipinski definition) is 17. The lowest BCUT2D eigenvalue weighted by Crippen LogP contribution is -2.52. The zero-order valence-electron chi connectivity index (χ0n) is 78.0. The molecule has 30 nitrogen and oxygen atoms in total. The van der Waals surface area contributed by atoms with Crippen molar-refractivity contribution in [1.29, 1.82) is 0 Å². The van der Waals surface area contributed by atoms with Gasteiger partial charge in [0.05, 0.1) is 42.8 Å². The smallest absolute Gasteiger partial charge is 0.433 e. The normalized spacial score (nSPS) is 19.1. The van der Waals surface area contributed by atoms with E-state index in [0.717, 1.165) is 69.1 Å². The van der Waals surface area contributed by atoms with E-state index in [0.29, 0.717) is 74.0 Å². The van der Waals surface area contributed by atoms with Gasteiger partial charge in [-0.2, -0.15) is 26.3 Å². The molecule has 0 spiro atoms. The van der Waals surface area contributed by atoms with Crippen LogP contribution >= 0.6 is 0 Å². The maximum absolute atomic E-state index is 13.8. The van der Waals surface area contributed by atoms with Gasteiger partial charge in [0.1, 0.15) is 53.7 Å². The third-order valence-electron chi connectivity index (χ3n) is 26.9. The van der Waals surface area contributed by atoms with Crippen LogP contribution in [0.15, 0.2) is 266 Å². The molecule has 9 aliphatic rings. The van der Waals surface area contributed by atoms with Gasteiger partial charge in [-0.1, -0.05) is 169 Å². The molecule has 5 fully saturated rings. The number of nitrogens with zero attached hydrogens (tertiary/aromatic N) is 6. The van der Waals surface area contributed by atoms with Gasteiger partial charge in [-0.25, -0.2) is 41.7 Å². The van der Waals surface area contributed by atoms with Crippen LogP contribution in [0.4, 0.5) is 63.1 Å². The molecule has 150 heavy (non-hydrogen) atoms. The predicted octanol–water partition coefficient (Wildman–Crippen LogP) is 14.6. The molecule has 8 aliphatic heterocycles. The molecule has 40 heteroatoms. The standard InChI is InChI=1S/C30H21FN4O4.C29H17F7N4O3.C27H19FN4O4.C24H20FN3O4/c31-23-10-8-22(9-11-23)30(28(37)33-29(38)34-30)18-35-17-21-7-12-24(15-25(21)27(35)36)39-13-3-4-19-14-20-5-1-2-6-26(20)32-16-19;30-17-9-6-15-12-40(24(41)20(15)10-17)13-27(25(42)38-26(43)39-27)16-7-4-14(5-8-16)19-11-22(29(34,35)36)37-23-18(19)2-1-3-21(23)28(31,32)33;28-18-10-7-16-13-32(24(34)21(16)11-18)14-27(25(35)30-26(36)31-27)17-8-5-15(6-9-17)20-12-23(33)29-22-4-2-1-3-19(20)22;25-18-8-6-17(7-9-18)24(22(30)26-23(31)27-24)14-28-13-16-5-10-19(12-20(16)21(28)29)32-11-1-2-15-3-4-15/h1-2,5-12,14-16H,13,17-18H2,(H2,33,34,37,38);1-11H,12-13H2,(H2,38,39,42,43);1-12H,13-14H2,(H,29,33)(H2,30,31,35,36);5-10,12,15H,3-4,11,13-14H2,(H2,26,27,30,31)/t30-;2*27-;/m000./s1. The van der Waals surface area contributed by atoms with Crippen LogP contribution in [-0.2, 0) is 79.9 Å². The van der Waals surface area contributed by atoms with Crippen molar-refractivity contribution in [2.24, 2.45) is 5.92 Å². The van der Waals surface area contributed by atoms with Crippen molar-refractivity contribution in [3.63, 3.8) is 0 Å². The van der Waals surface area contributed by atoms with Crippen LogP contribution in [0.1, 0.15) is 116 Å². The number of hydrogen-bond donors (Lipinski definition) is 9. The van der Waals surface area contributed by atoms with Crippen molar-refractivity contribution in [2.75, 3.05) is 39.4 Å².